The van der Waals surface area contributed by atoms with Crippen LogP contribution in [-0.2, 0) is 13.1 Å². The van der Waals surface area contributed by atoms with Gasteiger partial charge in [0.05, 0.1) is 18.3 Å². The van der Waals surface area contributed by atoms with Crippen molar-refractivity contribution in [2.75, 3.05) is 0 Å². The second-order valence-electron chi connectivity index (χ2n) is 3.85. The molecule has 0 unspecified atom stereocenters. The first-order chi connectivity index (χ1) is 9.22. The fraction of sp³-hybridized carbons (Fsp3) is 0.167. The summed E-state index contributed by atoms with van der Waals surface area (Å²) >= 11 is 0. The fourth-order valence-electron chi connectivity index (χ4n) is 1.62. The van der Waals surface area contributed by atoms with Crippen LogP contribution in [0.15, 0.2) is 40.1 Å². The molecule has 4 N–H and O–H groups in total. The first-order valence-electron chi connectivity index (χ1n) is 5.58. The summed E-state index contributed by atoms with van der Waals surface area (Å²) in [6.45, 7) is 0.728. The van der Waals surface area contributed by atoms with Gasteiger partial charge in [0.25, 0.3) is 0 Å². The fourth-order valence-corrected chi connectivity index (χ4v) is 1.62. The number of oxime groups is 1. The summed E-state index contributed by atoms with van der Waals surface area (Å²) in [5, 5.41) is 17.9. The molecule has 19 heavy (non-hydrogen) atoms. The zero-order valence-electron chi connectivity index (χ0n) is 10.0. The SMILES string of the molecule is N/C(=N/O)c1cccc(CNCc2ccno2)c1F. The Morgan fingerprint density at radius 2 is 2.26 bits per heavy atom. The van der Waals surface area contributed by atoms with Crippen molar-refractivity contribution in [3.05, 3.63) is 53.2 Å². The lowest BCUT2D eigenvalue weighted by Crippen LogP contribution is -2.18. The Labute approximate surface area is 108 Å². The summed E-state index contributed by atoms with van der Waals surface area (Å²) in [6, 6.07) is 6.43. The van der Waals surface area contributed by atoms with E-state index in [4.69, 9.17) is 15.5 Å². The van der Waals surface area contributed by atoms with Crippen LogP contribution in [0.2, 0.25) is 0 Å². The molecule has 1 aromatic heterocycles. The van der Waals surface area contributed by atoms with Gasteiger partial charge in [0, 0.05) is 18.2 Å². The van der Waals surface area contributed by atoms with E-state index >= 15 is 0 Å². The van der Waals surface area contributed by atoms with Crippen LogP contribution in [0.5, 0.6) is 0 Å². The normalized spacial score (nSPS) is 11.7. The van der Waals surface area contributed by atoms with Crippen LogP contribution in [-0.4, -0.2) is 16.2 Å². The van der Waals surface area contributed by atoms with Gasteiger partial charge >= 0.3 is 0 Å². The Morgan fingerprint density at radius 3 is 2.95 bits per heavy atom. The second-order valence-corrected chi connectivity index (χ2v) is 3.85. The Morgan fingerprint density at radius 1 is 1.42 bits per heavy atom. The number of nitrogens with two attached hydrogens (primary N) is 1. The maximum absolute atomic E-state index is 14.0. The number of rotatable bonds is 5. The number of nitrogens with zero attached hydrogens (tertiary/aromatic N) is 2. The summed E-state index contributed by atoms with van der Waals surface area (Å²) in [7, 11) is 0. The van der Waals surface area contributed by atoms with Crippen molar-refractivity contribution >= 4 is 5.84 Å². The average molecular weight is 264 g/mol. The molecule has 0 saturated heterocycles. The van der Waals surface area contributed by atoms with Crippen LogP contribution in [0.1, 0.15) is 16.9 Å². The van der Waals surface area contributed by atoms with Crippen LogP contribution in [0.4, 0.5) is 4.39 Å². The minimum Gasteiger partial charge on any atom is -0.409 e. The Bertz CT molecular complexity index is 569. The van der Waals surface area contributed by atoms with E-state index in [0.29, 0.717) is 24.4 Å². The van der Waals surface area contributed by atoms with Crippen molar-refractivity contribution in [1.29, 1.82) is 0 Å². The van der Waals surface area contributed by atoms with E-state index in [1.165, 1.54) is 12.3 Å². The topological polar surface area (TPSA) is 96.7 Å². The molecule has 1 heterocycles. The molecule has 0 aliphatic carbocycles. The van der Waals surface area contributed by atoms with E-state index in [0.717, 1.165) is 0 Å². The smallest absolute Gasteiger partial charge is 0.173 e. The lowest BCUT2D eigenvalue weighted by Gasteiger charge is -2.07. The highest BCUT2D eigenvalue weighted by Gasteiger charge is 2.11. The third kappa shape index (κ3) is 3.08. The summed E-state index contributed by atoms with van der Waals surface area (Å²) in [5.41, 5.74) is 5.88. The minimum absolute atomic E-state index is 0.0708. The van der Waals surface area contributed by atoms with Gasteiger partial charge in [0.1, 0.15) is 11.6 Å². The van der Waals surface area contributed by atoms with Gasteiger partial charge in [-0.1, -0.05) is 22.4 Å². The molecule has 1 aromatic carbocycles. The van der Waals surface area contributed by atoms with Crippen molar-refractivity contribution in [3.63, 3.8) is 0 Å². The summed E-state index contributed by atoms with van der Waals surface area (Å²) in [4.78, 5) is 0. The van der Waals surface area contributed by atoms with E-state index in [2.05, 4.69) is 15.6 Å². The standard InChI is InChI=1S/C12H13FN4O2/c13-11-8(2-1-3-10(11)12(14)17-18)6-15-7-9-4-5-16-19-9/h1-5,15,18H,6-7H2,(H2,14,17). The quantitative estimate of drug-likeness (QED) is 0.326. The average Bonchev–Trinajstić information content (AvgIpc) is 2.93. The zero-order valence-corrected chi connectivity index (χ0v) is 10.0. The molecule has 0 aliphatic heterocycles. The molecule has 100 valence electrons. The predicted octanol–water partition coefficient (Wildman–Crippen LogP) is 1.20. The van der Waals surface area contributed by atoms with E-state index < -0.39 is 5.82 Å². The van der Waals surface area contributed by atoms with Crippen molar-refractivity contribution in [3.8, 4) is 0 Å². The number of aromatic nitrogens is 1. The van der Waals surface area contributed by atoms with Crippen molar-refractivity contribution in [2.24, 2.45) is 10.9 Å². The second kappa shape index (κ2) is 5.96. The maximum atomic E-state index is 14.0. The molecule has 6 nitrogen and oxygen atoms in total. The van der Waals surface area contributed by atoms with E-state index in [1.54, 1.807) is 18.2 Å². The van der Waals surface area contributed by atoms with Gasteiger partial charge in [-0.3, -0.25) is 0 Å². The van der Waals surface area contributed by atoms with Gasteiger partial charge < -0.3 is 20.8 Å². The lowest BCUT2D eigenvalue weighted by molar-refractivity contribution is 0.318. The molecule has 2 aromatic rings. The Kier molecular flexibility index (Phi) is 4.09. The minimum atomic E-state index is -0.511. The molecule has 0 saturated carbocycles. The molecular weight excluding hydrogens is 251 g/mol. The maximum Gasteiger partial charge on any atom is 0.173 e. The van der Waals surface area contributed by atoms with Crippen molar-refractivity contribution in [1.82, 2.24) is 10.5 Å². The van der Waals surface area contributed by atoms with Gasteiger partial charge in [0.2, 0.25) is 0 Å². The van der Waals surface area contributed by atoms with Crippen LogP contribution in [0.3, 0.4) is 0 Å². The molecule has 0 aliphatic rings. The third-order valence-corrected chi connectivity index (χ3v) is 2.57. The van der Waals surface area contributed by atoms with Crippen LogP contribution in [0, 0.1) is 5.82 Å². The number of benzene rings is 1. The summed E-state index contributed by atoms with van der Waals surface area (Å²) in [5.74, 6) is -0.106. The highest BCUT2D eigenvalue weighted by molar-refractivity contribution is 5.97. The van der Waals surface area contributed by atoms with Gasteiger partial charge in [0.15, 0.2) is 5.84 Å². The molecule has 7 heteroatoms. The van der Waals surface area contributed by atoms with Crippen LogP contribution < -0.4 is 11.1 Å². The van der Waals surface area contributed by atoms with Crippen LogP contribution in [0.25, 0.3) is 0 Å². The molecule has 0 atom stereocenters. The Hall–Kier alpha value is -2.41. The van der Waals surface area contributed by atoms with Gasteiger partial charge in [-0.2, -0.15) is 0 Å². The molecule has 0 bridgehead atoms. The van der Waals surface area contributed by atoms with Crippen molar-refractivity contribution in [2.45, 2.75) is 13.1 Å². The van der Waals surface area contributed by atoms with E-state index in [9.17, 15) is 4.39 Å². The first kappa shape index (κ1) is 13.0. The van der Waals surface area contributed by atoms with E-state index in [1.807, 2.05) is 0 Å². The number of hydrogen-bond acceptors (Lipinski definition) is 5. The molecule has 2 rings (SSSR count). The molecule has 0 spiro atoms. The highest BCUT2D eigenvalue weighted by atomic mass is 19.1. The summed E-state index contributed by atoms with van der Waals surface area (Å²) < 4.78 is 18.9. The van der Waals surface area contributed by atoms with Gasteiger partial charge in [-0.15, -0.1) is 0 Å². The highest BCUT2D eigenvalue weighted by Crippen LogP contribution is 2.13. The van der Waals surface area contributed by atoms with Gasteiger partial charge in [-0.05, 0) is 6.07 Å². The molecule has 0 amide bonds. The first-order valence-corrected chi connectivity index (χ1v) is 5.58. The molecule has 0 radical (unpaired) electrons. The van der Waals surface area contributed by atoms with Crippen molar-refractivity contribution < 1.29 is 14.1 Å². The van der Waals surface area contributed by atoms with Crippen LogP contribution >= 0.6 is 0 Å². The number of hydrogen-bond donors (Lipinski definition) is 3. The predicted molar refractivity (Wildman–Crippen MR) is 66.0 cm³/mol. The number of halogens is 1. The number of amidine groups is 1. The monoisotopic (exact) mass is 264 g/mol. The molecule has 0 fully saturated rings. The number of nitrogens with one attached hydrogen (secondary N) is 1. The summed E-state index contributed by atoms with van der Waals surface area (Å²) in [6.07, 6.45) is 1.54. The largest absolute Gasteiger partial charge is 0.409 e. The van der Waals surface area contributed by atoms with Gasteiger partial charge in [-0.25, -0.2) is 4.39 Å². The third-order valence-electron chi connectivity index (χ3n) is 2.57. The van der Waals surface area contributed by atoms with E-state index in [-0.39, 0.29) is 11.4 Å². The Balaban J connectivity index is 2.04. The lowest BCUT2D eigenvalue weighted by atomic mass is 10.1. The molecular formula is C12H13FN4O2. The zero-order chi connectivity index (χ0) is 13.7.